The fourth-order valence-electron chi connectivity index (χ4n) is 8.09. The number of hydrogen-bond donors (Lipinski definition) is 6. The number of hydrogen-bond acceptors (Lipinski definition) is 10. The van der Waals surface area contributed by atoms with E-state index in [1.54, 1.807) is 6.08 Å². The van der Waals surface area contributed by atoms with Gasteiger partial charge in [0.1, 0.15) is 24.4 Å². The van der Waals surface area contributed by atoms with Crippen molar-refractivity contribution in [2.75, 3.05) is 13.2 Å². The summed E-state index contributed by atoms with van der Waals surface area (Å²) in [5.41, 5.74) is 0. The Balaban J connectivity index is 2.79. The van der Waals surface area contributed by atoms with Gasteiger partial charge in [0.15, 0.2) is 12.4 Å². The summed E-state index contributed by atoms with van der Waals surface area (Å²) >= 11 is 0. The van der Waals surface area contributed by atoms with Crippen molar-refractivity contribution in [2.24, 2.45) is 0 Å². The Labute approximate surface area is 425 Å². The third-order valence-corrected chi connectivity index (χ3v) is 12.5. The van der Waals surface area contributed by atoms with Crippen LogP contribution in [-0.2, 0) is 23.8 Å². The molecule has 0 aromatic carbocycles. The SMILES string of the molecule is CC/C=C\C/C=C\C/C=C\C/C=C\C/C=C\CCCC(=O)OC1C(OCC(NC(=O)C(O)CCCC/C=C\CCCCCCCCC)C(O)/C=C/CCCCCCCCCCC)OC(CO)C(O)C1O. The molecular formula is C59H101NO10. The quantitative estimate of drug-likeness (QED) is 0.0196. The Bertz CT molecular complexity index is 1460. The first-order valence-corrected chi connectivity index (χ1v) is 27.9. The van der Waals surface area contributed by atoms with Gasteiger partial charge >= 0.3 is 5.97 Å². The molecule has 6 N–H and O–H groups in total. The number of aliphatic hydroxyl groups excluding tert-OH is 5. The number of unbranched alkanes of at least 4 members (excludes halogenated alkanes) is 19. The van der Waals surface area contributed by atoms with Gasteiger partial charge in [-0.2, -0.15) is 0 Å². The second kappa shape index (κ2) is 46.9. The van der Waals surface area contributed by atoms with Gasteiger partial charge in [0.2, 0.25) is 5.91 Å². The molecule has 1 amide bonds. The minimum absolute atomic E-state index is 0.0400. The van der Waals surface area contributed by atoms with E-state index in [0.29, 0.717) is 19.3 Å². The minimum atomic E-state index is -1.64. The van der Waals surface area contributed by atoms with Gasteiger partial charge in [-0.15, -0.1) is 0 Å². The van der Waals surface area contributed by atoms with Gasteiger partial charge < -0.3 is 45.1 Å². The van der Waals surface area contributed by atoms with Crippen LogP contribution in [-0.4, -0.2) is 99.6 Å². The Morgan fingerprint density at radius 2 is 1.03 bits per heavy atom. The molecule has 0 spiro atoms. The molecule has 11 heteroatoms. The zero-order chi connectivity index (χ0) is 51.1. The van der Waals surface area contributed by atoms with Crippen molar-refractivity contribution in [1.82, 2.24) is 5.32 Å². The number of ether oxygens (including phenoxy) is 3. The Morgan fingerprint density at radius 3 is 1.56 bits per heavy atom. The van der Waals surface area contributed by atoms with E-state index in [-0.39, 0.29) is 19.4 Å². The van der Waals surface area contributed by atoms with Gasteiger partial charge in [-0.05, 0) is 89.9 Å². The maximum atomic E-state index is 13.3. The summed E-state index contributed by atoms with van der Waals surface area (Å²) in [7, 11) is 0. The molecule has 1 saturated heterocycles. The van der Waals surface area contributed by atoms with Crippen LogP contribution in [0.1, 0.15) is 213 Å². The lowest BCUT2D eigenvalue weighted by Crippen LogP contribution is -2.61. The van der Waals surface area contributed by atoms with Crippen LogP contribution in [0, 0.1) is 0 Å². The molecule has 1 fully saturated rings. The molecule has 8 unspecified atom stereocenters. The molecule has 402 valence electrons. The monoisotopic (exact) mass is 984 g/mol. The average molecular weight is 984 g/mol. The number of esters is 1. The van der Waals surface area contributed by atoms with Crippen molar-refractivity contribution in [3.05, 3.63) is 85.1 Å². The van der Waals surface area contributed by atoms with Crippen molar-refractivity contribution >= 4 is 11.9 Å². The van der Waals surface area contributed by atoms with E-state index in [1.807, 2.05) is 18.2 Å². The summed E-state index contributed by atoms with van der Waals surface area (Å²) in [6.45, 7) is 5.59. The van der Waals surface area contributed by atoms with Gasteiger partial charge in [-0.1, -0.05) is 202 Å². The Hall–Kier alpha value is -3.16. The van der Waals surface area contributed by atoms with Crippen molar-refractivity contribution < 1.29 is 49.3 Å². The number of carbonyl (C=O) groups excluding carboxylic acids is 2. The third-order valence-electron chi connectivity index (χ3n) is 12.5. The van der Waals surface area contributed by atoms with Gasteiger partial charge in [0, 0.05) is 6.42 Å². The molecule has 1 aliphatic heterocycles. The number of carbonyl (C=O) groups is 2. The van der Waals surface area contributed by atoms with Gasteiger partial charge in [-0.25, -0.2) is 0 Å². The highest BCUT2D eigenvalue weighted by Gasteiger charge is 2.47. The predicted octanol–water partition coefficient (Wildman–Crippen LogP) is 12.2. The predicted molar refractivity (Wildman–Crippen MR) is 287 cm³/mol. The van der Waals surface area contributed by atoms with E-state index < -0.39 is 67.4 Å². The molecule has 1 rings (SSSR count). The number of allylic oxidation sites excluding steroid dienone is 13. The summed E-state index contributed by atoms with van der Waals surface area (Å²) in [6.07, 6.45) is 49.2. The first kappa shape index (κ1) is 64.9. The largest absolute Gasteiger partial charge is 0.454 e. The highest BCUT2D eigenvalue weighted by Crippen LogP contribution is 2.26. The maximum absolute atomic E-state index is 13.3. The second-order valence-corrected chi connectivity index (χ2v) is 18.9. The van der Waals surface area contributed by atoms with E-state index >= 15 is 0 Å². The van der Waals surface area contributed by atoms with Gasteiger partial charge in [0.05, 0.1) is 25.4 Å². The fourth-order valence-corrected chi connectivity index (χ4v) is 8.09. The first-order chi connectivity index (χ1) is 34.2. The highest BCUT2D eigenvalue weighted by atomic mass is 16.7. The molecule has 0 radical (unpaired) electrons. The van der Waals surface area contributed by atoms with Crippen molar-refractivity contribution in [3.8, 4) is 0 Å². The van der Waals surface area contributed by atoms with Crippen LogP contribution < -0.4 is 5.32 Å². The van der Waals surface area contributed by atoms with Crippen LogP contribution in [0.5, 0.6) is 0 Å². The van der Waals surface area contributed by atoms with Gasteiger partial charge in [-0.3, -0.25) is 9.59 Å². The fraction of sp³-hybridized carbons (Fsp3) is 0.729. The van der Waals surface area contributed by atoms with Crippen LogP contribution in [0.2, 0.25) is 0 Å². The summed E-state index contributed by atoms with van der Waals surface area (Å²) in [6, 6.07) is -1.05. The van der Waals surface area contributed by atoms with Crippen LogP contribution in [0.15, 0.2) is 85.1 Å². The maximum Gasteiger partial charge on any atom is 0.306 e. The smallest absolute Gasteiger partial charge is 0.306 e. The van der Waals surface area contributed by atoms with E-state index in [1.165, 1.54) is 83.5 Å². The lowest BCUT2D eigenvalue weighted by Gasteiger charge is -2.41. The third kappa shape index (κ3) is 35.0. The zero-order valence-corrected chi connectivity index (χ0v) is 44.1. The zero-order valence-electron chi connectivity index (χ0n) is 44.1. The van der Waals surface area contributed by atoms with Crippen molar-refractivity contribution in [3.63, 3.8) is 0 Å². The van der Waals surface area contributed by atoms with Crippen molar-refractivity contribution in [1.29, 1.82) is 0 Å². The van der Waals surface area contributed by atoms with E-state index in [2.05, 4.69) is 86.8 Å². The lowest BCUT2D eigenvalue weighted by atomic mass is 9.99. The molecule has 0 bridgehead atoms. The molecule has 11 nitrogen and oxygen atoms in total. The van der Waals surface area contributed by atoms with Crippen LogP contribution >= 0.6 is 0 Å². The summed E-state index contributed by atoms with van der Waals surface area (Å²) in [5.74, 6) is -1.28. The minimum Gasteiger partial charge on any atom is -0.454 e. The van der Waals surface area contributed by atoms with E-state index in [0.717, 1.165) is 77.0 Å². The molecule has 8 atom stereocenters. The standard InChI is InChI=1S/C59H101NO10/c1-4-7-10-13-16-19-22-24-25-26-27-29-32-35-38-41-44-47-54(64)70-57-56(66)55(65)53(48-61)69-59(57)68-49-50(51(62)45-42-39-36-33-30-21-18-15-12-9-6-3)60-58(67)52(63)46-43-40-37-34-31-28-23-20-17-14-11-8-5-2/h7,10,16,19,24-25,27,29,31,34-35,38,42,45,50-53,55-57,59,61-63,65-66H,4-6,8-9,11-15,17-18,20-23,26,28,30,32-33,36-37,39-41,43-44,46-49H2,1-3H3,(H,60,67)/b10-7-,19-16-,25-24-,29-27-,34-31-,38-35-,45-42+. The molecule has 0 saturated carbocycles. The summed E-state index contributed by atoms with van der Waals surface area (Å²) in [5, 5.41) is 56.6. The Kier molecular flexibility index (Phi) is 43.4. The summed E-state index contributed by atoms with van der Waals surface area (Å²) in [4.78, 5) is 26.4. The normalized spacial score (nSPS) is 20.4. The molecule has 1 heterocycles. The average Bonchev–Trinajstić information content (AvgIpc) is 3.36. The number of aliphatic hydroxyl groups is 5. The van der Waals surface area contributed by atoms with Crippen molar-refractivity contribution in [2.45, 2.75) is 262 Å². The van der Waals surface area contributed by atoms with E-state index in [9.17, 15) is 35.1 Å². The topological polar surface area (TPSA) is 175 Å². The molecule has 0 aliphatic carbocycles. The first-order valence-electron chi connectivity index (χ1n) is 27.9. The van der Waals surface area contributed by atoms with Gasteiger partial charge in [0.25, 0.3) is 0 Å². The molecule has 0 aromatic heterocycles. The number of nitrogens with one attached hydrogen (secondary N) is 1. The van der Waals surface area contributed by atoms with Crippen LogP contribution in [0.25, 0.3) is 0 Å². The highest BCUT2D eigenvalue weighted by molar-refractivity contribution is 5.80. The summed E-state index contributed by atoms with van der Waals surface area (Å²) < 4.78 is 17.5. The molecule has 70 heavy (non-hydrogen) atoms. The Morgan fingerprint density at radius 1 is 0.571 bits per heavy atom. The second-order valence-electron chi connectivity index (χ2n) is 18.9. The molecule has 0 aromatic rings. The van der Waals surface area contributed by atoms with E-state index in [4.69, 9.17) is 14.2 Å². The number of rotatable bonds is 45. The van der Waals surface area contributed by atoms with Crippen LogP contribution in [0.4, 0.5) is 0 Å². The molecular weight excluding hydrogens is 883 g/mol. The molecule has 1 aliphatic rings. The van der Waals surface area contributed by atoms with Crippen LogP contribution in [0.3, 0.4) is 0 Å². The lowest BCUT2D eigenvalue weighted by molar-refractivity contribution is -0.305. The number of amides is 1.